The Balaban J connectivity index is 2.15. The van der Waals surface area contributed by atoms with Crippen LogP contribution in [0.5, 0.6) is 0 Å². The number of rotatable bonds is 3. The summed E-state index contributed by atoms with van der Waals surface area (Å²) in [6.07, 6.45) is 1.37. The lowest BCUT2D eigenvalue weighted by atomic mass is 10.2. The third-order valence-electron chi connectivity index (χ3n) is 2.73. The topological polar surface area (TPSA) is 98.2 Å². The van der Waals surface area contributed by atoms with Gasteiger partial charge in [-0.1, -0.05) is 11.6 Å². The SMILES string of the molecule is NC(=O)c1ccc(NC(=O)C2(N)CC2)cc1Cl. The van der Waals surface area contributed by atoms with Gasteiger partial charge in [0.05, 0.1) is 16.1 Å². The fourth-order valence-electron chi connectivity index (χ4n) is 1.41. The molecule has 1 saturated carbocycles. The molecule has 0 spiro atoms. The Labute approximate surface area is 103 Å². The summed E-state index contributed by atoms with van der Waals surface area (Å²) in [5, 5.41) is 2.86. The minimum atomic E-state index is -0.741. The monoisotopic (exact) mass is 253 g/mol. The predicted octanol–water partition coefficient (Wildman–Crippen LogP) is 0.869. The van der Waals surface area contributed by atoms with Crippen molar-refractivity contribution in [2.45, 2.75) is 18.4 Å². The second-order valence-corrected chi connectivity index (χ2v) is 4.58. The molecular weight excluding hydrogens is 242 g/mol. The zero-order valence-corrected chi connectivity index (χ0v) is 9.75. The van der Waals surface area contributed by atoms with Gasteiger partial charge in [0.2, 0.25) is 11.8 Å². The smallest absolute Gasteiger partial charge is 0.250 e. The Kier molecular flexibility index (Phi) is 2.81. The molecule has 2 rings (SSSR count). The number of nitrogens with one attached hydrogen (secondary N) is 1. The minimum Gasteiger partial charge on any atom is -0.366 e. The average Bonchev–Trinajstić information content (AvgIpc) is 2.97. The molecule has 0 aromatic heterocycles. The van der Waals surface area contributed by atoms with Gasteiger partial charge in [0.25, 0.3) is 0 Å². The van der Waals surface area contributed by atoms with Gasteiger partial charge in [-0.3, -0.25) is 9.59 Å². The van der Waals surface area contributed by atoms with Crippen LogP contribution in [0.1, 0.15) is 23.2 Å². The molecule has 0 atom stereocenters. The van der Waals surface area contributed by atoms with Gasteiger partial charge in [0.1, 0.15) is 0 Å². The number of hydrogen-bond donors (Lipinski definition) is 3. The Morgan fingerprint density at radius 3 is 2.47 bits per heavy atom. The molecule has 6 heteroatoms. The third-order valence-corrected chi connectivity index (χ3v) is 3.05. The molecule has 2 amide bonds. The summed E-state index contributed by atoms with van der Waals surface area (Å²) < 4.78 is 0. The van der Waals surface area contributed by atoms with E-state index in [1.807, 2.05) is 0 Å². The highest BCUT2D eigenvalue weighted by Gasteiger charge is 2.45. The van der Waals surface area contributed by atoms with Crippen molar-refractivity contribution in [1.82, 2.24) is 0 Å². The summed E-state index contributed by atoms with van der Waals surface area (Å²) >= 11 is 5.85. The molecule has 5 N–H and O–H groups in total. The molecule has 0 heterocycles. The third kappa shape index (κ3) is 2.40. The molecule has 5 nitrogen and oxygen atoms in total. The Hall–Kier alpha value is -1.59. The van der Waals surface area contributed by atoms with Crippen LogP contribution < -0.4 is 16.8 Å². The van der Waals surface area contributed by atoms with Gasteiger partial charge in [0.15, 0.2) is 0 Å². The van der Waals surface area contributed by atoms with Gasteiger partial charge in [-0.15, -0.1) is 0 Å². The van der Waals surface area contributed by atoms with E-state index in [9.17, 15) is 9.59 Å². The lowest BCUT2D eigenvalue weighted by Gasteiger charge is -2.10. The largest absolute Gasteiger partial charge is 0.366 e. The molecule has 0 bridgehead atoms. The molecule has 1 aromatic rings. The van der Waals surface area contributed by atoms with Crippen molar-refractivity contribution in [1.29, 1.82) is 0 Å². The highest BCUT2D eigenvalue weighted by atomic mass is 35.5. The van der Waals surface area contributed by atoms with E-state index in [0.717, 1.165) is 0 Å². The fourth-order valence-corrected chi connectivity index (χ4v) is 1.68. The summed E-state index contributed by atoms with van der Waals surface area (Å²) in [7, 11) is 0. The van der Waals surface area contributed by atoms with Crippen molar-refractivity contribution in [3.8, 4) is 0 Å². The first-order valence-electron chi connectivity index (χ1n) is 5.12. The molecule has 0 aliphatic heterocycles. The molecule has 0 radical (unpaired) electrons. The van der Waals surface area contributed by atoms with Crippen molar-refractivity contribution < 1.29 is 9.59 Å². The molecule has 1 aromatic carbocycles. The van der Waals surface area contributed by atoms with E-state index in [1.54, 1.807) is 6.07 Å². The van der Waals surface area contributed by atoms with E-state index in [-0.39, 0.29) is 16.5 Å². The standard InChI is InChI=1S/C11H12ClN3O2/c12-8-5-6(1-2-7(8)9(13)16)15-10(17)11(14)3-4-11/h1-2,5H,3-4,14H2,(H2,13,16)(H,15,17). The van der Waals surface area contributed by atoms with Crippen molar-refractivity contribution in [2.24, 2.45) is 11.5 Å². The van der Waals surface area contributed by atoms with E-state index in [2.05, 4.69) is 5.32 Å². The quantitative estimate of drug-likeness (QED) is 0.745. The first kappa shape index (κ1) is 11.9. The lowest BCUT2D eigenvalue weighted by Crippen LogP contribution is -2.37. The first-order chi connectivity index (χ1) is 7.92. The van der Waals surface area contributed by atoms with Crippen molar-refractivity contribution in [3.05, 3.63) is 28.8 Å². The maximum atomic E-state index is 11.7. The number of hydrogen-bond acceptors (Lipinski definition) is 3. The van der Waals surface area contributed by atoms with Crippen LogP contribution in [-0.2, 0) is 4.79 Å². The molecule has 1 aliphatic carbocycles. The number of benzene rings is 1. The molecule has 17 heavy (non-hydrogen) atoms. The average molecular weight is 254 g/mol. The first-order valence-corrected chi connectivity index (χ1v) is 5.50. The van der Waals surface area contributed by atoms with E-state index < -0.39 is 11.4 Å². The summed E-state index contributed by atoms with van der Waals surface area (Å²) in [6, 6.07) is 4.51. The van der Waals surface area contributed by atoms with Gasteiger partial charge in [0, 0.05) is 5.69 Å². The minimum absolute atomic E-state index is 0.206. The van der Waals surface area contributed by atoms with E-state index >= 15 is 0 Å². The second-order valence-electron chi connectivity index (χ2n) is 4.17. The van der Waals surface area contributed by atoms with Gasteiger partial charge in [-0.05, 0) is 31.0 Å². The zero-order chi connectivity index (χ0) is 12.6. The second kappa shape index (κ2) is 4.01. The molecule has 90 valence electrons. The lowest BCUT2D eigenvalue weighted by molar-refractivity contribution is -0.118. The summed E-state index contributed by atoms with van der Waals surface area (Å²) in [6.45, 7) is 0. The van der Waals surface area contributed by atoms with Crippen molar-refractivity contribution in [2.75, 3.05) is 5.32 Å². The van der Waals surface area contributed by atoms with Crippen LogP contribution in [0.2, 0.25) is 5.02 Å². The van der Waals surface area contributed by atoms with Crippen molar-refractivity contribution >= 4 is 29.1 Å². The molecule has 1 aliphatic rings. The van der Waals surface area contributed by atoms with Gasteiger partial charge in [-0.2, -0.15) is 0 Å². The van der Waals surface area contributed by atoms with Crippen molar-refractivity contribution in [3.63, 3.8) is 0 Å². The van der Waals surface area contributed by atoms with Gasteiger partial charge in [-0.25, -0.2) is 0 Å². The zero-order valence-electron chi connectivity index (χ0n) is 9.00. The molecule has 1 fully saturated rings. The number of primary amides is 1. The van der Waals surface area contributed by atoms with Crippen LogP contribution in [0.25, 0.3) is 0 Å². The number of anilines is 1. The Morgan fingerprint density at radius 1 is 1.35 bits per heavy atom. The molecular formula is C11H12ClN3O2. The summed E-state index contributed by atoms with van der Waals surface area (Å²) in [4.78, 5) is 22.6. The van der Waals surface area contributed by atoms with Crippen LogP contribution in [0.3, 0.4) is 0 Å². The number of carbonyl (C=O) groups excluding carboxylic acids is 2. The van der Waals surface area contributed by atoms with Gasteiger partial charge < -0.3 is 16.8 Å². The number of carbonyl (C=O) groups is 2. The Morgan fingerprint density at radius 2 is 2.00 bits per heavy atom. The summed E-state index contributed by atoms with van der Waals surface area (Å²) in [5.74, 6) is -0.842. The van der Waals surface area contributed by atoms with Crippen LogP contribution >= 0.6 is 11.6 Å². The van der Waals surface area contributed by atoms with E-state index in [1.165, 1.54) is 12.1 Å². The van der Waals surface area contributed by atoms with Gasteiger partial charge >= 0.3 is 0 Å². The molecule has 0 unspecified atom stereocenters. The van der Waals surface area contributed by atoms with Crippen LogP contribution in [0, 0.1) is 0 Å². The van der Waals surface area contributed by atoms with Crippen LogP contribution in [0.15, 0.2) is 18.2 Å². The normalized spacial score (nSPS) is 16.4. The number of amides is 2. The van der Waals surface area contributed by atoms with Crippen LogP contribution in [0.4, 0.5) is 5.69 Å². The summed E-state index contributed by atoms with van der Waals surface area (Å²) in [5.41, 5.74) is 10.8. The predicted molar refractivity (Wildman–Crippen MR) is 64.8 cm³/mol. The number of halogens is 1. The maximum absolute atomic E-state index is 11.7. The van der Waals surface area contributed by atoms with E-state index in [0.29, 0.717) is 18.5 Å². The highest BCUT2D eigenvalue weighted by molar-refractivity contribution is 6.34. The van der Waals surface area contributed by atoms with Crippen LogP contribution in [-0.4, -0.2) is 17.4 Å². The molecule has 0 saturated heterocycles. The fraction of sp³-hybridized carbons (Fsp3) is 0.273. The number of nitrogens with two attached hydrogens (primary N) is 2. The van der Waals surface area contributed by atoms with E-state index in [4.69, 9.17) is 23.1 Å². The Bertz CT molecular complexity index is 497. The highest BCUT2D eigenvalue weighted by Crippen LogP contribution is 2.33. The maximum Gasteiger partial charge on any atom is 0.250 e.